The average molecular weight is 361 g/mol. The van der Waals surface area contributed by atoms with E-state index in [1.54, 1.807) is 0 Å². The minimum atomic E-state index is -0.446. The zero-order chi connectivity index (χ0) is 19.3. The van der Waals surface area contributed by atoms with Crippen LogP contribution in [0.15, 0.2) is 24.3 Å². The van der Waals surface area contributed by atoms with Gasteiger partial charge in [0.05, 0.1) is 6.54 Å². The molecule has 0 radical (unpaired) electrons. The van der Waals surface area contributed by atoms with Crippen molar-refractivity contribution in [2.45, 2.75) is 45.1 Å². The monoisotopic (exact) mass is 361 g/mol. The Bertz CT molecular complexity index is 612. The Kier molecular flexibility index (Phi) is 6.64. The van der Waals surface area contributed by atoms with E-state index >= 15 is 0 Å². The van der Waals surface area contributed by atoms with E-state index in [0.29, 0.717) is 18.2 Å². The van der Waals surface area contributed by atoms with Crippen molar-refractivity contribution in [2.75, 3.05) is 33.7 Å². The van der Waals surface area contributed by atoms with Crippen molar-refractivity contribution in [3.63, 3.8) is 0 Å². The topological polar surface area (TPSA) is 61.9 Å². The molecule has 144 valence electrons. The zero-order valence-corrected chi connectivity index (χ0v) is 16.5. The highest BCUT2D eigenvalue weighted by Gasteiger charge is 2.24. The van der Waals surface area contributed by atoms with Gasteiger partial charge in [0, 0.05) is 18.6 Å². The minimum absolute atomic E-state index is 0.196. The van der Waals surface area contributed by atoms with Crippen molar-refractivity contribution < 1.29 is 14.3 Å². The lowest BCUT2D eigenvalue weighted by Gasteiger charge is -2.33. The predicted octanol–water partition coefficient (Wildman–Crippen LogP) is 2.84. The fraction of sp³-hybridized carbons (Fsp3) is 0.600. The quantitative estimate of drug-likeness (QED) is 0.896. The van der Waals surface area contributed by atoms with Crippen molar-refractivity contribution in [1.29, 1.82) is 0 Å². The van der Waals surface area contributed by atoms with Crippen LogP contribution >= 0.6 is 0 Å². The van der Waals surface area contributed by atoms with Crippen LogP contribution in [0.3, 0.4) is 0 Å². The third-order valence-electron chi connectivity index (χ3n) is 4.34. The van der Waals surface area contributed by atoms with Crippen LogP contribution in [0.5, 0.6) is 5.75 Å². The van der Waals surface area contributed by atoms with Gasteiger partial charge in [-0.15, -0.1) is 0 Å². The Labute approximate surface area is 156 Å². The molecule has 1 aliphatic rings. The van der Waals surface area contributed by atoms with Gasteiger partial charge in [-0.05, 0) is 71.3 Å². The summed E-state index contributed by atoms with van der Waals surface area (Å²) in [7, 11) is 3.83. The molecule has 0 unspecified atom stereocenters. The Morgan fingerprint density at radius 2 is 1.73 bits per heavy atom. The summed E-state index contributed by atoms with van der Waals surface area (Å²) >= 11 is 0. The molecule has 1 N–H and O–H groups in total. The molecule has 1 saturated heterocycles. The zero-order valence-electron chi connectivity index (χ0n) is 16.5. The van der Waals surface area contributed by atoms with E-state index in [-0.39, 0.29) is 11.4 Å². The Balaban J connectivity index is 1.86. The normalized spacial score (nSPS) is 15.8. The van der Waals surface area contributed by atoms with Gasteiger partial charge in [-0.25, -0.2) is 4.79 Å². The summed E-state index contributed by atoms with van der Waals surface area (Å²) in [6.45, 7) is 7.79. The maximum Gasteiger partial charge on any atom is 0.413 e. The first kappa shape index (κ1) is 20.2. The molecule has 0 atom stereocenters. The van der Waals surface area contributed by atoms with Crippen LogP contribution in [-0.4, -0.2) is 61.1 Å². The van der Waals surface area contributed by atoms with Crippen molar-refractivity contribution in [1.82, 2.24) is 15.1 Å². The highest BCUT2D eigenvalue weighted by atomic mass is 16.6. The van der Waals surface area contributed by atoms with Gasteiger partial charge in [-0.1, -0.05) is 12.1 Å². The number of rotatable bonds is 4. The summed E-state index contributed by atoms with van der Waals surface area (Å²) in [6.07, 6.45) is 1.48. The number of carbonyl (C=O) groups is 2. The van der Waals surface area contributed by atoms with Crippen LogP contribution in [0, 0.1) is 0 Å². The number of benzene rings is 1. The van der Waals surface area contributed by atoms with Crippen LogP contribution in [-0.2, 0) is 4.79 Å². The molecule has 0 aliphatic carbocycles. The number of carbonyl (C=O) groups excluding carboxylic acids is 2. The van der Waals surface area contributed by atoms with Gasteiger partial charge in [0.15, 0.2) is 0 Å². The number of likely N-dealkylation sites (N-methyl/N-ethyl adjacent to an activating group) is 1. The van der Waals surface area contributed by atoms with Crippen molar-refractivity contribution >= 4 is 12.0 Å². The molecule has 1 aliphatic heterocycles. The molecule has 1 fully saturated rings. The van der Waals surface area contributed by atoms with E-state index in [1.807, 2.05) is 68.9 Å². The second kappa shape index (κ2) is 8.54. The van der Waals surface area contributed by atoms with Crippen LogP contribution < -0.4 is 10.1 Å². The first-order valence-electron chi connectivity index (χ1n) is 9.16. The van der Waals surface area contributed by atoms with E-state index in [2.05, 4.69) is 5.32 Å². The first-order valence-corrected chi connectivity index (χ1v) is 9.16. The van der Waals surface area contributed by atoms with Crippen molar-refractivity contribution in [3.8, 4) is 5.75 Å². The van der Waals surface area contributed by atoms with Gasteiger partial charge in [0.1, 0.15) is 5.75 Å². The molecule has 0 spiro atoms. The van der Waals surface area contributed by atoms with Crippen molar-refractivity contribution in [3.05, 3.63) is 29.8 Å². The summed E-state index contributed by atoms with van der Waals surface area (Å²) in [6, 6.07) is 7.70. The molecule has 6 heteroatoms. The number of nitrogens with one attached hydrogen (secondary N) is 1. The Morgan fingerprint density at radius 3 is 2.23 bits per heavy atom. The molecule has 26 heavy (non-hydrogen) atoms. The van der Waals surface area contributed by atoms with E-state index in [0.717, 1.165) is 25.9 Å². The number of piperidine rings is 1. The molecule has 1 heterocycles. The lowest BCUT2D eigenvalue weighted by atomic mass is 9.89. The fourth-order valence-electron chi connectivity index (χ4n) is 3.08. The molecule has 0 bridgehead atoms. The summed E-state index contributed by atoms with van der Waals surface area (Å²) < 4.78 is 5.31. The average Bonchev–Trinajstić information content (AvgIpc) is 2.53. The number of nitrogens with zero attached hydrogens (tertiary/aromatic N) is 2. The second-order valence-electron chi connectivity index (χ2n) is 8.23. The maximum atomic E-state index is 12.1. The number of likely N-dealkylation sites (tertiary alicyclic amines) is 1. The van der Waals surface area contributed by atoms with Crippen LogP contribution in [0.2, 0.25) is 0 Å². The molecule has 1 aromatic carbocycles. The minimum Gasteiger partial charge on any atom is -0.410 e. The summed E-state index contributed by atoms with van der Waals surface area (Å²) in [5.41, 5.74) is 0.906. The maximum absolute atomic E-state index is 12.1. The second-order valence-corrected chi connectivity index (χ2v) is 8.23. The molecule has 2 rings (SSSR count). The van der Waals surface area contributed by atoms with Gasteiger partial charge in [0.25, 0.3) is 0 Å². The Hall–Kier alpha value is -2.08. The van der Waals surface area contributed by atoms with E-state index in [1.165, 1.54) is 5.56 Å². The number of hydrogen-bond acceptors (Lipinski definition) is 4. The van der Waals surface area contributed by atoms with Gasteiger partial charge in [-0.3, -0.25) is 4.79 Å². The summed E-state index contributed by atoms with van der Waals surface area (Å²) in [5, 5.41) is 2.77. The van der Waals surface area contributed by atoms with E-state index in [4.69, 9.17) is 4.74 Å². The molecule has 0 saturated carbocycles. The number of ether oxygens (including phenoxy) is 1. The highest BCUT2D eigenvalue weighted by Crippen LogP contribution is 2.29. The van der Waals surface area contributed by atoms with E-state index in [9.17, 15) is 9.59 Å². The smallest absolute Gasteiger partial charge is 0.410 e. The molecule has 2 amide bonds. The molecular weight excluding hydrogens is 330 g/mol. The van der Waals surface area contributed by atoms with Gasteiger partial charge >= 0.3 is 6.09 Å². The van der Waals surface area contributed by atoms with Crippen LogP contribution in [0.1, 0.15) is 45.1 Å². The number of amides is 2. The fourth-order valence-corrected chi connectivity index (χ4v) is 3.08. The molecule has 0 aromatic heterocycles. The summed E-state index contributed by atoms with van der Waals surface area (Å²) in [4.78, 5) is 27.8. The molecule has 1 aromatic rings. The van der Waals surface area contributed by atoms with Crippen LogP contribution in [0.25, 0.3) is 0 Å². The SMILES string of the molecule is CN(C)CC(=O)N1CCC(c2ccc(OC(=O)NC(C)(C)C)cc2)CC1. The molecular formula is C20H31N3O3. The lowest BCUT2D eigenvalue weighted by molar-refractivity contribution is -0.132. The van der Waals surface area contributed by atoms with Crippen molar-refractivity contribution in [2.24, 2.45) is 0 Å². The van der Waals surface area contributed by atoms with Gasteiger partial charge in [-0.2, -0.15) is 0 Å². The Morgan fingerprint density at radius 1 is 1.15 bits per heavy atom. The third-order valence-corrected chi connectivity index (χ3v) is 4.34. The standard InChI is InChI=1S/C20H31N3O3/c1-20(2,3)21-19(25)26-17-8-6-15(7-9-17)16-10-12-23(13-11-16)18(24)14-22(4)5/h6-9,16H,10-14H2,1-5H3,(H,21,25). The van der Waals surface area contributed by atoms with Gasteiger partial charge in [0.2, 0.25) is 5.91 Å². The molecule has 6 nitrogen and oxygen atoms in total. The third kappa shape index (κ3) is 6.33. The predicted molar refractivity (Wildman–Crippen MR) is 102 cm³/mol. The van der Waals surface area contributed by atoms with E-state index < -0.39 is 6.09 Å². The number of hydrogen-bond donors (Lipinski definition) is 1. The highest BCUT2D eigenvalue weighted by molar-refractivity contribution is 5.78. The van der Waals surface area contributed by atoms with Crippen LogP contribution in [0.4, 0.5) is 4.79 Å². The van der Waals surface area contributed by atoms with Gasteiger partial charge < -0.3 is 19.9 Å². The summed E-state index contributed by atoms with van der Waals surface area (Å²) in [5.74, 6) is 1.17. The largest absolute Gasteiger partial charge is 0.413 e. The lowest BCUT2D eigenvalue weighted by Crippen LogP contribution is -2.42. The first-order chi connectivity index (χ1) is 12.1.